The van der Waals surface area contributed by atoms with Crippen LogP contribution in [0.25, 0.3) is 6.08 Å². The van der Waals surface area contributed by atoms with E-state index in [0.29, 0.717) is 12.0 Å². The molecule has 4 nitrogen and oxygen atoms in total. The predicted octanol–water partition coefficient (Wildman–Crippen LogP) is 2.07. The van der Waals surface area contributed by atoms with E-state index in [0.717, 1.165) is 0 Å². The summed E-state index contributed by atoms with van der Waals surface area (Å²) in [6.07, 6.45) is 2.98. The minimum atomic E-state index is -0.944. The maximum Gasteiger partial charge on any atom is 0.308 e. The van der Waals surface area contributed by atoms with Crippen LogP contribution in [0.5, 0.6) is 0 Å². The van der Waals surface area contributed by atoms with Crippen LogP contribution in [-0.4, -0.2) is 23.5 Å². The van der Waals surface area contributed by atoms with Gasteiger partial charge in [0.05, 0.1) is 5.92 Å². The normalized spacial score (nSPS) is 12.3. The van der Waals surface area contributed by atoms with Gasteiger partial charge >= 0.3 is 5.97 Å². The first-order valence-corrected chi connectivity index (χ1v) is 5.97. The van der Waals surface area contributed by atoms with Crippen LogP contribution >= 0.6 is 0 Å². The summed E-state index contributed by atoms with van der Waals surface area (Å²) in [5.41, 5.74) is 0.308. The van der Waals surface area contributed by atoms with Crippen LogP contribution in [0.3, 0.4) is 0 Å². The molecule has 1 aromatic rings. The molecule has 0 saturated carbocycles. The maximum atomic E-state index is 13.3. The first kappa shape index (κ1) is 14.9. The average Bonchev–Trinajstić information content (AvgIpc) is 2.38. The molecule has 1 unspecified atom stereocenters. The van der Waals surface area contributed by atoms with E-state index in [9.17, 15) is 14.0 Å². The Labute approximate surface area is 110 Å². The van der Waals surface area contributed by atoms with Crippen LogP contribution in [0.1, 0.15) is 18.9 Å². The minimum absolute atomic E-state index is 0.0618. The van der Waals surface area contributed by atoms with Crippen molar-refractivity contribution in [2.45, 2.75) is 13.3 Å². The van der Waals surface area contributed by atoms with Crippen molar-refractivity contribution in [1.29, 1.82) is 0 Å². The maximum absolute atomic E-state index is 13.3. The molecule has 5 heteroatoms. The third kappa shape index (κ3) is 4.91. The fourth-order valence-electron chi connectivity index (χ4n) is 1.46. The van der Waals surface area contributed by atoms with Crippen LogP contribution < -0.4 is 5.32 Å². The summed E-state index contributed by atoms with van der Waals surface area (Å²) >= 11 is 0. The number of nitrogens with one attached hydrogen (secondary N) is 1. The van der Waals surface area contributed by atoms with Gasteiger partial charge in [-0.1, -0.05) is 25.1 Å². The summed E-state index contributed by atoms with van der Waals surface area (Å²) in [6, 6.07) is 6.07. The lowest BCUT2D eigenvalue weighted by molar-refractivity contribution is -0.141. The van der Waals surface area contributed by atoms with Crippen LogP contribution in [0.4, 0.5) is 4.39 Å². The number of aliphatic carboxylic acids is 1. The van der Waals surface area contributed by atoms with E-state index < -0.39 is 23.6 Å². The zero-order valence-electron chi connectivity index (χ0n) is 10.6. The zero-order valence-corrected chi connectivity index (χ0v) is 10.6. The van der Waals surface area contributed by atoms with E-state index in [1.54, 1.807) is 25.1 Å². The van der Waals surface area contributed by atoms with Gasteiger partial charge in [0, 0.05) is 18.2 Å². The molecule has 1 atom stereocenters. The number of hydrogen-bond acceptors (Lipinski definition) is 2. The van der Waals surface area contributed by atoms with Gasteiger partial charge in [0.2, 0.25) is 5.91 Å². The predicted molar refractivity (Wildman–Crippen MR) is 69.9 cm³/mol. The van der Waals surface area contributed by atoms with Crippen molar-refractivity contribution in [1.82, 2.24) is 5.32 Å². The SMILES string of the molecule is CCC(CNC(=O)C=Cc1ccccc1F)C(=O)O. The molecule has 102 valence electrons. The lowest BCUT2D eigenvalue weighted by Crippen LogP contribution is -2.31. The van der Waals surface area contributed by atoms with E-state index in [-0.39, 0.29) is 6.54 Å². The molecule has 1 rings (SSSR count). The summed E-state index contributed by atoms with van der Waals surface area (Å²) in [7, 11) is 0. The summed E-state index contributed by atoms with van der Waals surface area (Å²) in [4.78, 5) is 22.2. The van der Waals surface area contributed by atoms with E-state index in [2.05, 4.69) is 5.32 Å². The molecule has 0 heterocycles. The Balaban J connectivity index is 2.52. The Hall–Kier alpha value is -2.17. The Kier molecular flexibility index (Phi) is 5.73. The van der Waals surface area contributed by atoms with Crippen LogP contribution in [0.2, 0.25) is 0 Å². The van der Waals surface area contributed by atoms with Gasteiger partial charge in [-0.15, -0.1) is 0 Å². The number of carbonyl (C=O) groups excluding carboxylic acids is 1. The van der Waals surface area contributed by atoms with E-state index in [1.165, 1.54) is 18.2 Å². The fraction of sp³-hybridized carbons (Fsp3) is 0.286. The minimum Gasteiger partial charge on any atom is -0.481 e. The van der Waals surface area contributed by atoms with Crippen LogP contribution in [0.15, 0.2) is 30.3 Å². The van der Waals surface area contributed by atoms with Crippen molar-refractivity contribution in [2.24, 2.45) is 5.92 Å². The number of amides is 1. The molecule has 2 N–H and O–H groups in total. The average molecular weight is 265 g/mol. The van der Waals surface area contributed by atoms with Gasteiger partial charge in [-0.3, -0.25) is 9.59 Å². The van der Waals surface area contributed by atoms with E-state index in [4.69, 9.17) is 5.11 Å². The van der Waals surface area contributed by atoms with Crippen molar-refractivity contribution in [3.63, 3.8) is 0 Å². The lowest BCUT2D eigenvalue weighted by Gasteiger charge is -2.09. The number of carboxylic acid groups (broad SMARTS) is 1. The van der Waals surface area contributed by atoms with E-state index >= 15 is 0 Å². The summed E-state index contributed by atoms with van der Waals surface area (Å²) < 4.78 is 13.3. The smallest absolute Gasteiger partial charge is 0.308 e. The van der Waals surface area contributed by atoms with Crippen LogP contribution in [-0.2, 0) is 9.59 Å². The Morgan fingerprint density at radius 2 is 2.11 bits per heavy atom. The third-order valence-corrected chi connectivity index (χ3v) is 2.68. The first-order chi connectivity index (χ1) is 9.04. The van der Waals surface area contributed by atoms with Crippen molar-refractivity contribution >= 4 is 18.0 Å². The van der Waals surface area contributed by atoms with Crippen molar-refractivity contribution in [3.05, 3.63) is 41.7 Å². The molecule has 19 heavy (non-hydrogen) atoms. The highest BCUT2D eigenvalue weighted by atomic mass is 19.1. The van der Waals surface area contributed by atoms with Crippen LogP contribution in [0, 0.1) is 11.7 Å². The molecule has 0 bridgehead atoms. The summed E-state index contributed by atoms with van der Waals surface area (Å²) in [5, 5.41) is 11.3. The fourth-order valence-corrected chi connectivity index (χ4v) is 1.46. The first-order valence-electron chi connectivity index (χ1n) is 5.97. The molecule has 0 spiro atoms. The summed E-state index contributed by atoms with van der Waals surface area (Å²) in [6.45, 7) is 1.80. The van der Waals surface area contributed by atoms with Gasteiger partial charge in [0.1, 0.15) is 5.82 Å². The third-order valence-electron chi connectivity index (χ3n) is 2.68. The molecule has 0 aliphatic heterocycles. The molecule has 0 aliphatic carbocycles. The Bertz CT molecular complexity index is 485. The second-order valence-electron chi connectivity index (χ2n) is 4.04. The van der Waals surface area contributed by atoms with Gasteiger partial charge in [-0.05, 0) is 18.6 Å². The molecule has 0 aromatic heterocycles. The second kappa shape index (κ2) is 7.31. The lowest BCUT2D eigenvalue weighted by atomic mass is 10.1. The highest BCUT2D eigenvalue weighted by Gasteiger charge is 2.14. The Morgan fingerprint density at radius 1 is 1.42 bits per heavy atom. The molecule has 0 radical (unpaired) electrons. The van der Waals surface area contributed by atoms with Crippen molar-refractivity contribution in [2.75, 3.05) is 6.54 Å². The Morgan fingerprint density at radius 3 is 2.68 bits per heavy atom. The number of hydrogen-bond donors (Lipinski definition) is 2. The van der Waals surface area contributed by atoms with Crippen molar-refractivity contribution < 1.29 is 19.1 Å². The molecule has 0 fully saturated rings. The number of halogens is 1. The number of carboxylic acids is 1. The quantitative estimate of drug-likeness (QED) is 0.774. The molecule has 0 aliphatic rings. The number of carbonyl (C=O) groups is 2. The van der Waals surface area contributed by atoms with Gasteiger partial charge in [-0.2, -0.15) is 0 Å². The molecular formula is C14H16FNO3. The molecule has 0 saturated heterocycles. The number of benzene rings is 1. The topological polar surface area (TPSA) is 66.4 Å². The van der Waals surface area contributed by atoms with Gasteiger partial charge in [-0.25, -0.2) is 4.39 Å². The number of rotatable bonds is 6. The van der Waals surface area contributed by atoms with Crippen molar-refractivity contribution in [3.8, 4) is 0 Å². The molecule has 1 amide bonds. The summed E-state index contributed by atoms with van der Waals surface area (Å²) in [5.74, 6) is -2.40. The highest BCUT2D eigenvalue weighted by Crippen LogP contribution is 2.08. The standard InChI is InChI=1S/C14H16FNO3/c1-2-10(14(18)19)9-16-13(17)8-7-11-5-3-4-6-12(11)15/h3-8,10H,2,9H2,1H3,(H,16,17)(H,18,19). The van der Waals surface area contributed by atoms with Gasteiger partial charge < -0.3 is 10.4 Å². The molecular weight excluding hydrogens is 249 g/mol. The molecule has 1 aromatic carbocycles. The highest BCUT2D eigenvalue weighted by molar-refractivity contribution is 5.92. The zero-order chi connectivity index (χ0) is 14.3. The van der Waals surface area contributed by atoms with Gasteiger partial charge in [0.15, 0.2) is 0 Å². The monoisotopic (exact) mass is 265 g/mol. The second-order valence-corrected chi connectivity index (χ2v) is 4.04. The van der Waals surface area contributed by atoms with E-state index in [1.807, 2.05) is 0 Å². The largest absolute Gasteiger partial charge is 0.481 e. The van der Waals surface area contributed by atoms with Gasteiger partial charge in [0.25, 0.3) is 0 Å².